The molecule has 0 aliphatic carbocycles. The fourth-order valence-corrected chi connectivity index (χ4v) is 3.14. The summed E-state index contributed by atoms with van der Waals surface area (Å²) in [5, 5.41) is 11.3. The Bertz CT molecular complexity index is 569. The third-order valence-corrected chi connectivity index (χ3v) is 4.51. The van der Waals surface area contributed by atoms with E-state index in [1.54, 1.807) is 17.8 Å². The van der Waals surface area contributed by atoms with Gasteiger partial charge in [-0.1, -0.05) is 47.7 Å². The molecule has 1 N–H and O–H groups in total. The number of aromatic nitrogens is 2. The van der Waals surface area contributed by atoms with Crippen molar-refractivity contribution in [3.63, 3.8) is 0 Å². The number of aryl methyl sites for hydroxylation is 1. The highest BCUT2D eigenvalue weighted by Crippen LogP contribution is 2.26. The quantitative estimate of drug-likeness (QED) is 0.676. The van der Waals surface area contributed by atoms with Crippen LogP contribution in [-0.2, 0) is 0 Å². The van der Waals surface area contributed by atoms with E-state index >= 15 is 0 Å². The third-order valence-electron chi connectivity index (χ3n) is 2.34. The Morgan fingerprint density at radius 3 is 3.00 bits per heavy atom. The van der Waals surface area contributed by atoms with E-state index in [1.807, 2.05) is 25.1 Å². The zero-order valence-corrected chi connectivity index (χ0v) is 12.5. The summed E-state index contributed by atoms with van der Waals surface area (Å²) >= 11 is 3.07. The summed E-state index contributed by atoms with van der Waals surface area (Å²) in [7, 11) is 0. The second-order valence-corrected chi connectivity index (χ2v) is 6.36. The molecule has 0 saturated heterocycles. The van der Waals surface area contributed by atoms with Gasteiger partial charge in [0.15, 0.2) is 4.34 Å². The van der Waals surface area contributed by atoms with Crippen LogP contribution in [0.3, 0.4) is 0 Å². The van der Waals surface area contributed by atoms with E-state index in [0.717, 1.165) is 22.1 Å². The number of anilines is 1. The van der Waals surface area contributed by atoms with Crippen molar-refractivity contribution >= 4 is 34.1 Å². The number of nitrogens with one attached hydrogen (secondary N) is 1. The lowest BCUT2D eigenvalue weighted by molar-refractivity contribution is 0.102. The van der Waals surface area contributed by atoms with Gasteiger partial charge in [0.2, 0.25) is 5.13 Å². The van der Waals surface area contributed by atoms with Gasteiger partial charge in [-0.15, -0.1) is 10.2 Å². The van der Waals surface area contributed by atoms with Crippen molar-refractivity contribution in [1.29, 1.82) is 0 Å². The lowest BCUT2D eigenvalue weighted by atomic mass is 10.1. The number of thioether (sulfide) groups is 1. The first kappa shape index (κ1) is 14.0. The minimum absolute atomic E-state index is 0.146. The molecule has 1 heterocycles. The average molecular weight is 293 g/mol. The number of benzene rings is 1. The minimum atomic E-state index is -0.146. The molecule has 0 atom stereocenters. The van der Waals surface area contributed by atoms with Crippen molar-refractivity contribution in [2.24, 2.45) is 0 Å². The molecule has 2 aromatic rings. The molecule has 0 saturated carbocycles. The molecule has 1 aromatic heterocycles. The summed E-state index contributed by atoms with van der Waals surface area (Å²) in [6.07, 6.45) is 1.09. The van der Waals surface area contributed by atoms with Gasteiger partial charge in [-0.25, -0.2) is 0 Å². The van der Waals surface area contributed by atoms with Gasteiger partial charge in [0.1, 0.15) is 0 Å². The van der Waals surface area contributed by atoms with Crippen molar-refractivity contribution < 1.29 is 4.79 Å². The highest BCUT2D eigenvalue weighted by Gasteiger charge is 2.10. The van der Waals surface area contributed by atoms with E-state index < -0.39 is 0 Å². The normalized spacial score (nSPS) is 10.4. The largest absolute Gasteiger partial charge is 0.296 e. The van der Waals surface area contributed by atoms with Crippen LogP contribution in [0.2, 0.25) is 0 Å². The summed E-state index contributed by atoms with van der Waals surface area (Å²) in [6, 6.07) is 7.47. The topological polar surface area (TPSA) is 54.9 Å². The van der Waals surface area contributed by atoms with Crippen LogP contribution in [0.1, 0.15) is 29.3 Å². The van der Waals surface area contributed by atoms with Gasteiger partial charge in [0, 0.05) is 11.3 Å². The second kappa shape index (κ2) is 6.68. The summed E-state index contributed by atoms with van der Waals surface area (Å²) < 4.78 is 0.890. The van der Waals surface area contributed by atoms with Gasteiger partial charge in [-0.2, -0.15) is 0 Å². The first-order valence-corrected chi connectivity index (χ1v) is 7.83. The van der Waals surface area contributed by atoms with Crippen LogP contribution in [0.5, 0.6) is 0 Å². The monoisotopic (exact) mass is 293 g/mol. The molecule has 0 spiro atoms. The van der Waals surface area contributed by atoms with Crippen molar-refractivity contribution in [1.82, 2.24) is 10.2 Å². The molecule has 0 fully saturated rings. The third kappa shape index (κ3) is 4.04. The van der Waals surface area contributed by atoms with E-state index in [-0.39, 0.29) is 5.91 Å². The summed E-state index contributed by atoms with van der Waals surface area (Å²) in [5.41, 5.74) is 1.70. The maximum Gasteiger partial charge on any atom is 0.257 e. The molecule has 0 radical (unpaired) electrons. The van der Waals surface area contributed by atoms with Gasteiger partial charge in [0.25, 0.3) is 5.91 Å². The van der Waals surface area contributed by atoms with Crippen LogP contribution in [0.25, 0.3) is 0 Å². The predicted molar refractivity (Wildman–Crippen MR) is 80.1 cm³/mol. The number of hydrogen-bond acceptors (Lipinski definition) is 5. The molecule has 1 amide bonds. The Labute approximate surface area is 120 Å². The van der Waals surface area contributed by atoms with Crippen LogP contribution in [-0.4, -0.2) is 21.9 Å². The number of rotatable bonds is 5. The van der Waals surface area contributed by atoms with Crippen LogP contribution in [0.4, 0.5) is 5.13 Å². The van der Waals surface area contributed by atoms with E-state index in [2.05, 4.69) is 22.4 Å². The molecule has 19 heavy (non-hydrogen) atoms. The van der Waals surface area contributed by atoms with Crippen molar-refractivity contribution in [2.45, 2.75) is 24.6 Å². The molecule has 0 aliphatic heterocycles. The zero-order valence-electron chi connectivity index (χ0n) is 10.8. The minimum Gasteiger partial charge on any atom is -0.296 e. The molecule has 4 nitrogen and oxygen atoms in total. The van der Waals surface area contributed by atoms with E-state index in [9.17, 15) is 4.79 Å². The number of nitrogens with zero attached hydrogens (tertiary/aromatic N) is 2. The first-order valence-electron chi connectivity index (χ1n) is 6.03. The summed E-state index contributed by atoms with van der Waals surface area (Å²) in [6.45, 7) is 4.08. The van der Waals surface area contributed by atoms with Crippen LogP contribution < -0.4 is 5.32 Å². The second-order valence-electron chi connectivity index (χ2n) is 4.05. The molecule has 1 aromatic carbocycles. The van der Waals surface area contributed by atoms with Gasteiger partial charge in [0.05, 0.1) is 0 Å². The van der Waals surface area contributed by atoms with Gasteiger partial charge in [-0.3, -0.25) is 10.1 Å². The van der Waals surface area contributed by atoms with Gasteiger partial charge >= 0.3 is 0 Å². The Morgan fingerprint density at radius 2 is 2.26 bits per heavy atom. The standard InChI is InChI=1S/C13H15N3OS2/c1-3-7-18-13-16-15-12(19-13)14-11(17)10-6-4-5-9(2)8-10/h4-6,8H,3,7H2,1-2H3,(H,14,15,17). The lowest BCUT2D eigenvalue weighted by Gasteiger charge is -2.01. The Kier molecular flexibility index (Phi) is 4.93. The van der Waals surface area contributed by atoms with Crippen molar-refractivity contribution in [2.75, 3.05) is 11.1 Å². The predicted octanol–water partition coefficient (Wildman–Crippen LogP) is 3.60. The number of carbonyl (C=O) groups excluding carboxylic acids is 1. The average Bonchev–Trinajstić information content (AvgIpc) is 2.84. The van der Waals surface area contributed by atoms with Crippen LogP contribution in [0.15, 0.2) is 28.6 Å². The van der Waals surface area contributed by atoms with E-state index in [0.29, 0.717) is 10.7 Å². The molecule has 0 aliphatic rings. The van der Waals surface area contributed by atoms with Crippen molar-refractivity contribution in [3.8, 4) is 0 Å². The highest BCUT2D eigenvalue weighted by molar-refractivity contribution is 8.01. The van der Waals surface area contributed by atoms with Crippen LogP contribution >= 0.6 is 23.1 Å². The van der Waals surface area contributed by atoms with E-state index in [1.165, 1.54) is 11.3 Å². The molecule has 0 bridgehead atoms. The molecule has 6 heteroatoms. The smallest absolute Gasteiger partial charge is 0.257 e. The Balaban J connectivity index is 2.00. The highest BCUT2D eigenvalue weighted by atomic mass is 32.2. The number of hydrogen-bond donors (Lipinski definition) is 1. The fourth-order valence-electron chi connectivity index (χ4n) is 1.46. The van der Waals surface area contributed by atoms with Gasteiger partial charge in [-0.05, 0) is 25.5 Å². The molecule has 0 unspecified atom stereocenters. The Hall–Kier alpha value is -1.40. The molecular formula is C13H15N3OS2. The maximum absolute atomic E-state index is 12.0. The zero-order chi connectivity index (χ0) is 13.7. The first-order chi connectivity index (χ1) is 9.19. The SMILES string of the molecule is CCCSc1nnc(NC(=O)c2cccc(C)c2)s1. The summed E-state index contributed by atoms with van der Waals surface area (Å²) in [5.74, 6) is 0.868. The Morgan fingerprint density at radius 1 is 1.42 bits per heavy atom. The molecule has 2 rings (SSSR count). The van der Waals surface area contributed by atoms with Crippen LogP contribution in [0, 0.1) is 6.92 Å². The summed E-state index contributed by atoms with van der Waals surface area (Å²) in [4.78, 5) is 12.0. The van der Waals surface area contributed by atoms with E-state index in [4.69, 9.17) is 0 Å². The van der Waals surface area contributed by atoms with Crippen molar-refractivity contribution in [3.05, 3.63) is 35.4 Å². The fraction of sp³-hybridized carbons (Fsp3) is 0.308. The molecular weight excluding hydrogens is 278 g/mol. The number of amides is 1. The van der Waals surface area contributed by atoms with Gasteiger partial charge < -0.3 is 0 Å². The number of carbonyl (C=O) groups is 1. The molecule has 100 valence electrons. The lowest BCUT2D eigenvalue weighted by Crippen LogP contribution is -2.11. The maximum atomic E-state index is 12.0.